The van der Waals surface area contributed by atoms with Crippen molar-refractivity contribution in [2.45, 2.75) is 13.1 Å². The molecule has 1 N–H and O–H groups in total. The lowest BCUT2D eigenvalue weighted by Gasteiger charge is -2.11. The summed E-state index contributed by atoms with van der Waals surface area (Å²) in [6.07, 6.45) is -3.31. The van der Waals surface area contributed by atoms with Crippen LogP contribution in [0.2, 0.25) is 5.02 Å². The van der Waals surface area contributed by atoms with Crippen molar-refractivity contribution in [1.82, 2.24) is 4.98 Å². The predicted octanol–water partition coefficient (Wildman–Crippen LogP) is 5.58. The summed E-state index contributed by atoms with van der Waals surface area (Å²) in [6, 6.07) is 7.50. The third-order valence-corrected chi connectivity index (χ3v) is 4.33. The van der Waals surface area contributed by atoms with Crippen LogP contribution in [0.4, 0.5) is 18.9 Å². The van der Waals surface area contributed by atoms with Gasteiger partial charge in [-0.05, 0) is 42.8 Å². The average Bonchev–Trinajstić information content (AvgIpc) is 3.14. The summed E-state index contributed by atoms with van der Waals surface area (Å²) in [7, 11) is 1.44. The quantitative estimate of drug-likeness (QED) is 0.609. The molecule has 5 nitrogen and oxygen atoms in total. The first-order chi connectivity index (χ1) is 13.2. The third-order valence-electron chi connectivity index (χ3n) is 3.92. The van der Waals surface area contributed by atoms with Gasteiger partial charge in [0, 0.05) is 16.7 Å². The molecule has 1 heterocycles. The second-order valence-electron chi connectivity index (χ2n) is 5.87. The minimum absolute atomic E-state index is 0.0260. The van der Waals surface area contributed by atoms with Gasteiger partial charge < -0.3 is 14.5 Å². The number of nitrogens with one attached hydrogen (secondary N) is 1. The van der Waals surface area contributed by atoms with Gasteiger partial charge in [0.05, 0.1) is 18.4 Å². The fourth-order valence-corrected chi connectivity index (χ4v) is 2.58. The number of hydrogen-bond acceptors (Lipinski definition) is 4. The lowest BCUT2D eigenvalue weighted by atomic mass is 10.1. The van der Waals surface area contributed by atoms with E-state index in [4.69, 9.17) is 20.8 Å². The van der Waals surface area contributed by atoms with Crippen molar-refractivity contribution in [3.05, 3.63) is 64.5 Å². The number of aromatic nitrogens is 1. The number of aryl methyl sites for hydroxylation is 1. The SMILES string of the molecule is COc1cc(Cl)c(C)cc1NC(=O)c1coc(-c2ccc(C(F)(F)F)cc2)n1. The van der Waals surface area contributed by atoms with E-state index in [1.807, 2.05) is 0 Å². The number of alkyl halides is 3. The van der Waals surface area contributed by atoms with Crippen LogP contribution in [0.3, 0.4) is 0 Å². The number of amides is 1. The Kier molecular flexibility index (Phi) is 5.33. The first kappa shape index (κ1) is 19.8. The van der Waals surface area contributed by atoms with Gasteiger partial charge in [-0.15, -0.1) is 0 Å². The number of rotatable bonds is 4. The van der Waals surface area contributed by atoms with Gasteiger partial charge in [-0.1, -0.05) is 11.6 Å². The second-order valence-corrected chi connectivity index (χ2v) is 6.28. The molecule has 1 amide bonds. The normalized spacial score (nSPS) is 11.4. The summed E-state index contributed by atoms with van der Waals surface area (Å²) < 4.78 is 48.4. The molecular weight excluding hydrogens is 397 g/mol. The number of ether oxygens (including phenoxy) is 1. The highest BCUT2D eigenvalue weighted by Crippen LogP contribution is 2.32. The fourth-order valence-electron chi connectivity index (χ4n) is 2.43. The molecule has 0 bridgehead atoms. The summed E-state index contributed by atoms with van der Waals surface area (Å²) in [6.45, 7) is 1.77. The highest BCUT2D eigenvalue weighted by Gasteiger charge is 2.30. The number of anilines is 1. The van der Waals surface area contributed by atoms with E-state index in [-0.39, 0.29) is 11.6 Å². The minimum atomic E-state index is -4.43. The maximum atomic E-state index is 12.6. The molecule has 0 aliphatic rings. The Morgan fingerprint density at radius 1 is 1.21 bits per heavy atom. The lowest BCUT2D eigenvalue weighted by Crippen LogP contribution is -2.13. The summed E-state index contributed by atoms with van der Waals surface area (Å²) in [5, 5.41) is 3.13. The molecule has 2 aromatic carbocycles. The molecule has 0 atom stereocenters. The molecule has 0 radical (unpaired) electrons. The van der Waals surface area contributed by atoms with E-state index in [2.05, 4.69) is 10.3 Å². The van der Waals surface area contributed by atoms with Crippen molar-refractivity contribution in [2.75, 3.05) is 12.4 Å². The van der Waals surface area contributed by atoms with Crippen molar-refractivity contribution in [1.29, 1.82) is 0 Å². The van der Waals surface area contributed by atoms with Crippen LogP contribution in [-0.4, -0.2) is 18.0 Å². The molecule has 0 aliphatic heterocycles. The van der Waals surface area contributed by atoms with Gasteiger partial charge in [0.15, 0.2) is 5.69 Å². The van der Waals surface area contributed by atoms with Crippen LogP contribution in [0.5, 0.6) is 5.75 Å². The zero-order valence-electron chi connectivity index (χ0n) is 14.7. The smallest absolute Gasteiger partial charge is 0.416 e. The number of carbonyl (C=O) groups is 1. The number of hydrogen-bond donors (Lipinski definition) is 1. The predicted molar refractivity (Wildman–Crippen MR) is 97.6 cm³/mol. The topological polar surface area (TPSA) is 64.4 Å². The maximum Gasteiger partial charge on any atom is 0.416 e. The number of oxazole rings is 1. The van der Waals surface area contributed by atoms with Crippen LogP contribution >= 0.6 is 11.6 Å². The molecular formula is C19H14ClF3N2O3. The number of carbonyl (C=O) groups excluding carboxylic acids is 1. The van der Waals surface area contributed by atoms with E-state index in [1.54, 1.807) is 19.1 Å². The highest BCUT2D eigenvalue weighted by atomic mass is 35.5. The maximum absolute atomic E-state index is 12.6. The number of halogens is 4. The van der Waals surface area contributed by atoms with E-state index in [1.165, 1.54) is 19.2 Å². The van der Waals surface area contributed by atoms with Crippen molar-refractivity contribution >= 4 is 23.2 Å². The fraction of sp³-hybridized carbons (Fsp3) is 0.158. The van der Waals surface area contributed by atoms with Gasteiger partial charge >= 0.3 is 6.18 Å². The summed E-state index contributed by atoms with van der Waals surface area (Å²) in [5.41, 5.74) is 0.624. The van der Waals surface area contributed by atoms with Crippen molar-refractivity contribution in [3.63, 3.8) is 0 Å². The molecule has 0 saturated carbocycles. The van der Waals surface area contributed by atoms with Gasteiger partial charge in [0.25, 0.3) is 5.91 Å². The molecule has 3 rings (SSSR count). The number of methoxy groups -OCH3 is 1. The van der Waals surface area contributed by atoms with Crippen LogP contribution in [-0.2, 0) is 6.18 Å². The number of nitrogens with zero attached hydrogens (tertiary/aromatic N) is 1. The largest absolute Gasteiger partial charge is 0.495 e. The van der Waals surface area contributed by atoms with E-state index >= 15 is 0 Å². The van der Waals surface area contributed by atoms with Gasteiger partial charge in [0.2, 0.25) is 5.89 Å². The molecule has 0 aliphatic carbocycles. The van der Waals surface area contributed by atoms with Crippen LogP contribution < -0.4 is 10.1 Å². The Bertz CT molecular complexity index is 1010. The summed E-state index contributed by atoms with van der Waals surface area (Å²) >= 11 is 6.04. The van der Waals surface area contributed by atoms with E-state index in [9.17, 15) is 18.0 Å². The summed E-state index contributed by atoms with van der Waals surface area (Å²) in [4.78, 5) is 16.5. The van der Waals surface area contributed by atoms with Crippen LogP contribution in [0.25, 0.3) is 11.5 Å². The second kappa shape index (κ2) is 7.55. The van der Waals surface area contributed by atoms with Crippen molar-refractivity contribution in [2.24, 2.45) is 0 Å². The van der Waals surface area contributed by atoms with Crippen LogP contribution in [0.1, 0.15) is 21.6 Å². The van der Waals surface area contributed by atoms with Crippen molar-refractivity contribution < 1.29 is 27.1 Å². The Morgan fingerprint density at radius 3 is 2.50 bits per heavy atom. The molecule has 9 heteroatoms. The molecule has 146 valence electrons. The van der Waals surface area contributed by atoms with E-state index in [0.717, 1.165) is 24.0 Å². The Balaban J connectivity index is 1.81. The van der Waals surface area contributed by atoms with Gasteiger partial charge in [-0.25, -0.2) is 4.98 Å². The van der Waals surface area contributed by atoms with Gasteiger partial charge in [0.1, 0.15) is 12.0 Å². The molecule has 3 aromatic rings. The first-order valence-electron chi connectivity index (χ1n) is 7.97. The van der Waals surface area contributed by atoms with Gasteiger partial charge in [-0.2, -0.15) is 13.2 Å². The Hall–Kier alpha value is -3.00. The molecule has 0 fully saturated rings. The first-order valence-corrected chi connectivity index (χ1v) is 8.35. The standard InChI is InChI=1S/C19H14ClF3N2O3/c1-10-7-14(16(27-2)8-13(10)20)24-17(26)15-9-28-18(25-15)11-3-5-12(6-4-11)19(21,22)23/h3-9H,1-2H3,(H,24,26). The van der Waals surface area contributed by atoms with Gasteiger partial charge in [-0.3, -0.25) is 4.79 Å². The average molecular weight is 411 g/mol. The van der Waals surface area contributed by atoms with Crippen molar-refractivity contribution in [3.8, 4) is 17.2 Å². The third kappa shape index (κ3) is 4.12. The molecule has 28 heavy (non-hydrogen) atoms. The minimum Gasteiger partial charge on any atom is -0.495 e. The lowest BCUT2D eigenvalue weighted by molar-refractivity contribution is -0.137. The molecule has 1 aromatic heterocycles. The highest BCUT2D eigenvalue weighted by molar-refractivity contribution is 6.31. The Morgan fingerprint density at radius 2 is 1.89 bits per heavy atom. The summed E-state index contributed by atoms with van der Waals surface area (Å²) in [5.74, 6) is -0.171. The van der Waals surface area contributed by atoms with E-state index in [0.29, 0.717) is 22.0 Å². The van der Waals surface area contributed by atoms with Crippen LogP contribution in [0.15, 0.2) is 47.1 Å². The number of benzene rings is 2. The molecule has 0 spiro atoms. The Labute approximate surface area is 163 Å². The van der Waals surface area contributed by atoms with E-state index < -0.39 is 17.6 Å². The molecule has 0 unspecified atom stereocenters. The zero-order chi connectivity index (χ0) is 20.5. The molecule has 0 saturated heterocycles. The van der Waals surface area contributed by atoms with Crippen LogP contribution in [0, 0.1) is 6.92 Å². The zero-order valence-corrected chi connectivity index (χ0v) is 15.5. The monoisotopic (exact) mass is 410 g/mol.